The van der Waals surface area contributed by atoms with E-state index in [0.29, 0.717) is 11.4 Å². The van der Waals surface area contributed by atoms with Crippen molar-refractivity contribution in [2.75, 3.05) is 22.6 Å². The van der Waals surface area contributed by atoms with Gasteiger partial charge in [-0.1, -0.05) is 13.0 Å². The Morgan fingerprint density at radius 1 is 1.28 bits per heavy atom. The number of sulfone groups is 1. The van der Waals surface area contributed by atoms with Crippen molar-refractivity contribution in [3.63, 3.8) is 0 Å². The Balaban J connectivity index is 1.72. The molecule has 2 N–H and O–H groups in total. The Bertz CT molecular complexity index is 1050. The zero-order valence-electron chi connectivity index (χ0n) is 16.3. The molecule has 1 aliphatic rings. The molecule has 1 aliphatic heterocycles. The number of benzene rings is 2. The Morgan fingerprint density at radius 3 is 2.76 bits per heavy atom. The molecule has 0 unspecified atom stereocenters. The van der Waals surface area contributed by atoms with Gasteiger partial charge in [-0.05, 0) is 49.6 Å². The second-order valence-corrected chi connectivity index (χ2v) is 11.1. The summed E-state index contributed by atoms with van der Waals surface area (Å²) < 4.78 is 25.7. The van der Waals surface area contributed by atoms with Crippen LogP contribution in [0.2, 0.25) is 0 Å². The molecule has 3 rings (SSSR count). The smallest absolute Gasteiger partial charge is 0.237 e. The van der Waals surface area contributed by atoms with Crippen LogP contribution in [0.3, 0.4) is 0 Å². The van der Waals surface area contributed by atoms with Gasteiger partial charge in [-0.3, -0.25) is 9.59 Å². The van der Waals surface area contributed by atoms with E-state index in [9.17, 15) is 18.0 Å². The van der Waals surface area contributed by atoms with Crippen molar-refractivity contribution < 1.29 is 18.0 Å². The molecule has 0 saturated heterocycles. The predicted octanol–water partition coefficient (Wildman–Crippen LogP) is 3.89. The monoisotopic (exact) mass is 450 g/mol. The lowest BCUT2D eigenvalue weighted by Crippen LogP contribution is -2.28. The molecule has 1 heterocycles. The van der Waals surface area contributed by atoms with Crippen LogP contribution in [-0.4, -0.2) is 37.5 Å². The van der Waals surface area contributed by atoms with Gasteiger partial charge in [0.2, 0.25) is 11.8 Å². The highest BCUT2D eigenvalue weighted by atomic mass is 32.2. The number of thioether (sulfide) groups is 2. The van der Waals surface area contributed by atoms with Crippen molar-refractivity contribution in [2.24, 2.45) is 5.92 Å². The summed E-state index contributed by atoms with van der Waals surface area (Å²) in [5.41, 5.74) is 1.12. The zero-order chi connectivity index (χ0) is 21.2. The average molecular weight is 451 g/mol. The molecule has 2 aromatic rings. The lowest BCUT2D eigenvalue weighted by molar-refractivity contribution is -0.119. The number of rotatable bonds is 6. The minimum Gasteiger partial charge on any atom is -0.326 e. The first kappa shape index (κ1) is 21.7. The van der Waals surface area contributed by atoms with Crippen LogP contribution in [0.25, 0.3) is 0 Å². The number of nitrogens with one attached hydrogen (secondary N) is 2. The fraction of sp³-hybridized carbons (Fsp3) is 0.300. The predicted molar refractivity (Wildman–Crippen MR) is 118 cm³/mol. The van der Waals surface area contributed by atoms with Crippen LogP contribution in [0.4, 0.5) is 11.4 Å². The Kier molecular flexibility index (Phi) is 6.60. The quantitative estimate of drug-likeness (QED) is 0.649. The van der Waals surface area contributed by atoms with Crippen molar-refractivity contribution in [3.05, 3.63) is 42.5 Å². The van der Waals surface area contributed by atoms with Gasteiger partial charge in [-0.2, -0.15) is 0 Å². The van der Waals surface area contributed by atoms with Crippen molar-refractivity contribution in [3.8, 4) is 0 Å². The lowest BCUT2D eigenvalue weighted by Gasteiger charge is -2.22. The van der Waals surface area contributed by atoms with Crippen LogP contribution in [0.5, 0.6) is 0 Å². The third-order valence-electron chi connectivity index (χ3n) is 4.50. The van der Waals surface area contributed by atoms with Gasteiger partial charge in [0.15, 0.2) is 9.84 Å². The van der Waals surface area contributed by atoms with Crippen molar-refractivity contribution in [1.29, 1.82) is 0 Å². The summed E-state index contributed by atoms with van der Waals surface area (Å²) in [5.74, 6) is -1.57. The van der Waals surface area contributed by atoms with Gasteiger partial charge in [0.05, 0.1) is 21.6 Å². The standard InChI is InChI=1S/C20H22N2O4S3/c1-12(19(23)21-14-5-4-6-15(9-14)27-3)11-29(25,26)16-7-8-18-17(10-16)22-20(24)13(2)28-18/h4-10,12-13H,11H2,1-3H3,(H,21,23)(H,22,24)/t12-,13-/m1/s1. The third kappa shape index (κ3) is 5.15. The second-order valence-electron chi connectivity index (χ2n) is 6.81. The normalized spacial score (nSPS) is 17.2. The fourth-order valence-corrected chi connectivity index (χ4v) is 5.81. The van der Waals surface area contributed by atoms with Gasteiger partial charge in [0.25, 0.3) is 0 Å². The van der Waals surface area contributed by atoms with Gasteiger partial charge in [-0.15, -0.1) is 23.5 Å². The van der Waals surface area contributed by atoms with Gasteiger partial charge < -0.3 is 10.6 Å². The van der Waals surface area contributed by atoms with Crippen LogP contribution in [0, 0.1) is 5.92 Å². The Morgan fingerprint density at radius 2 is 2.03 bits per heavy atom. The Labute approximate surface area is 179 Å². The second kappa shape index (κ2) is 8.81. The molecule has 6 nitrogen and oxygen atoms in total. The summed E-state index contributed by atoms with van der Waals surface area (Å²) in [6.07, 6.45) is 1.94. The molecule has 154 valence electrons. The topological polar surface area (TPSA) is 92.3 Å². The molecule has 0 aromatic heterocycles. The first-order valence-electron chi connectivity index (χ1n) is 8.99. The third-order valence-corrected chi connectivity index (χ3v) is 8.31. The fourth-order valence-electron chi connectivity index (χ4n) is 2.85. The average Bonchev–Trinajstić information content (AvgIpc) is 2.68. The summed E-state index contributed by atoms with van der Waals surface area (Å²) in [7, 11) is -3.70. The molecule has 9 heteroatoms. The SMILES string of the molecule is CSc1cccc(NC(=O)[C@H](C)CS(=O)(=O)c2ccc3c(c2)NC(=O)[C@@H](C)S3)c1. The van der Waals surface area contributed by atoms with Gasteiger partial charge in [-0.25, -0.2) is 8.42 Å². The Hall–Kier alpha value is -1.97. The van der Waals surface area contributed by atoms with Crippen LogP contribution in [-0.2, 0) is 19.4 Å². The molecule has 2 aromatic carbocycles. The summed E-state index contributed by atoms with van der Waals surface area (Å²) in [6.45, 7) is 3.38. The van der Waals surface area contributed by atoms with E-state index in [1.807, 2.05) is 24.5 Å². The van der Waals surface area contributed by atoms with E-state index in [0.717, 1.165) is 9.79 Å². The van der Waals surface area contributed by atoms with E-state index in [-0.39, 0.29) is 27.7 Å². The van der Waals surface area contributed by atoms with Crippen LogP contribution in [0.1, 0.15) is 13.8 Å². The first-order chi connectivity index (χ1) is 13.7. The molecule has 0 spiro atoms. The van der Waals surface area contributed by atoms with Crippen molar-refractivity contribution in [2.45, 2.75) is 33.8 Å². The highest BCUT2D eigenvalue weighted by molar-refractivity contribution is 8.01. The molecule has 0 saturated carbocycles. The minimum absolute atomic E-state index is 0.0933. The number of hydrogen-bond acceptors (Lipinski definition) is 6. The van der Waals surface area contributed by atoms with E-state index in [4.69, 9.17) is 0 Å². The maximum atomic E-state index is 12.8. The molecule has 0 aliphatic carbocycles. The van der Waals surface area contributed by atoms with E-state index in [2.05, 4.69) is 10.6 Å². The number of hydrogen-bond donors (Lipinski definition) is 2. The van der Waals surface area contributed by atoms with E-state index >= 15 is 0 Å². The summed E-state index contributed by atoms with van der Waals surface area (Å²) in [4.78, 5) is 26.3. The van der Waals surface area contributed by atoms with E-state index in [1.165, 1.54) is 23.9 Å². The maximum absolute atomic E-state index is 12.8. The van der Waals surface area contributed by atoms with Gasteiger partial charge in [0.1, 0.15) is 0 Å². The highest BCUT2D eigenvalue weighted by Gasteiger charge is 2.27. The molecule has 0 fully saturated rings. The highest BCUT2D eigenvalue weighted by Crippen LogP contribution is 2.37. The molecule has 0 bridgehead atoms. The molecule has 0 radical (unpaired) electrons. The molecule has 2 atom stereocenters. The van der Waals surface area contributed by atoms with E-state index < -0.39 is 15.8 Å². The molecule has 29 heavy (non-hydrogen) atoms. The number of anilines is 2. The summed E-state index contributed by atoms with van der Waals surface area (Å²) in [6, 6.07) is 12.1. The summed E-state index contributed by atoms with van der Waals surface area (Å²) >= 11 is 2.95. The first-order valence-corrected chi connectivity index (χ1v) is 12.7. The van der Waals surface area contributed by atoms with Crippen LogP contribution in [0.15, 0.2) is 57.2 Å². The summed E-state index contributed by atoms with van der Waals surface area (Å²) in [5, 5.41) is 5.29. The van der Waals surface area contributed by atoms with Gasteiger partial charge >= 0.3 is 0 Å². The lowest BCUT2D eigenvalue weighted by atomic mass is 10.2. The van der Waals surface area contributed by atoms with Crippen molar-refractivity contribution >= 4 is 56.6 Å². The number of carbonyl (C=O) groups is 2. The van der Waals surface area contributed by atoms with Crippen LogP contribution < -0.4 is 10.6 Å². The van der Waals surface area contributed by atoms with E-state index in [1.54, 1.807) is 37.7 Å². The molecular weight excluding hydrogens is 428 g/mol. The zero-order valence-corrected chi connectivity index (χ0v) is 18.7. The van der Waals surface area contributed by atoms with Crippen LogP contribution >= 0.6 is 23.5 Å². The number of carbonyl (C=O) groups excluding carboxylic acids is 2. The maximum Gasteiger partial charge on any atom is 0.237 e. The largest absolute Gasteiger partial charge is 0.326 e. The van der Waals surface area contributed by atoms with Crippen molar-refractivity contribution in [1.82, 2.24) is 0 Å². The number of amides is 2. The number of fused-ring (bicyclic) bond motifs is 1. The molecule has 2 amide bonds. The van der Waals surface area contributed by atoms with Gasteiger partial charge in [0, 0.05) is 21.4 Å². The molecular formula is C20H22N2O4S3. The minimum atomic E-state index is -3.70.